The molecular weight excluding hydrogens is 296 g/mol. The highest BCUT2D eigenvalue weighted by Crippen LogP contribution is 2.28. The van der Waals surface area contributed by atoms with Crippen molar-refractivity contribution in [2.75, 3.05) is 6.54 Å². The topological polar surface area (TPSA) is 46.9 Å². The average molecular weight is 310 g/mol. The van der Waals surface area contributed by atoms with E-state index in [1.165, 1.54) is 4.68 Å². The van der Waals surface area contributed by atoms with Crippen LogP contribution in [0.2, 0.25) is 0 Å². The summed E-state index contributed by atoms with van der Waals surface area (Å²) in [6, 6.07) is 0. The van der Waals surface area contributed by atoms with Gasteiger partial charge in [-0.05, 0) is 29.3 Å². The predicted molar refractivity (Wildman–Crippen MR) is 62.9 cm³/mol. The van der Waals surface area contributed by atoms with E-state index in [0.717, 1.165) is 6.42 Å². The molecule has 0 fully saturated rings. The van der Waals surface area contributed by atoms with E-state index in [2.05, 4.69) is 26.3 Å². The number of nitrogens with zero attached hydrogens (tertiary/aromatic N) is 2. The molecule has 17 heavy (non-hydrogen) atoms. The van der Waals surface area contributed by atoms with Crippen molar-refractivity contribution in [3.63, 3.8) is 0 Å². The largest absolute Gasteiger partial charge is 0.355 e. The van der Waals surface area contributed by atoms with Crippen LogP contribution < -0.4 is 5.32 Å². The summed E-state index contributed by atoms with van der Waals surface area (Å²) in [4.78, 5) is 11.4. The zero-order chi connectivity index (χ0) is 13.0. The van der Waals surface area contributed by atoms with Gasteiger partial charge in [-0.2, -0.15) is 5.10 Å². The van der Waals surface area contributed by atoms with Crippen LogP contribution >= 0.6 is 15.9 Å². The number of halogens is 3. The molecule has 0 spiro atoms. The SMILES string of the molecule is CCCNC(=O)Cn1nc(C(F)F)c(Br)c1C. The first-order valence-electron chi connectivity index (χ1n) is 5.25. The van der Waals surface area contributed by atoms with E-state index in [-0.39, 0.29) is 22.6 Å². The second-order valence-electron chi connectivity index (χ2n) is 3.59. The van der Waals surface area contributed by atoms with Crippen LogP contribution in [0, 0.1) is 6.92 Å². The summed E-state index contributed by atoms with van der Waals surface area (Å²) in [5.74, 6) is -0.231. The van der Waals surface area contributed by atoms with Crippen molar-refractivity contribution in [1.29, 1.82) is 0 Å². The molecule has 4 nitrogen and oxygen atoms in total. The minimum atomic E-state index is -2.65. The van der Waals surface area contributed by atoms with Gasteiger partial charge in [0.1, 0.15) is 12.2 Å². The Morgan fingerprint density at radius 1 is 1.59 bits per heavy atom. The molecule has 7 heteroatoms. The highest BCUT2D eigenvalue weighted by atomic mass is 79.9. The van der Waals surface area contributed by atoms with Gasteiger partial charge >= 0.3 is 0 Å². The van der Waals surface area contributed by atoms with E-state index in [1.807, 2.05) is 6.92 Å². The van der Waals surface area contributed by atoms with Crippen molar-refractivity contribution in [3.05, 3.63) is 15.9 Å². The molecular formula is C10H14BrF2N3O. The third-order valence-corrected chi connectivity index (χ3v) is 3.21. The number of hydrogen-bond donors (Lipinski definition) is 1. The predicted octanol–water partition coefficient (Wildman–Crippen LogP) is 2.42. The maximum atomic E-state index is 12.6. The number of rotatable bonds is 5. The minimum absolute atomic E-state index is 0.0445. The first kappa shape index (κ1) is 14.1. The number of alkyl halides is 2. The quantitative estimate of drug-likeness (QED) is 0.908. The number of carbonyl (C=O) groups is 1. The third-order valence-electron chi connectivity index (χ3n) is 2.23. The maximum absolute atomic E-state index is 12.6. The Labute approximate surface area is 107 Å². The number of nitrogens with one attached hydrogen (secondary N) is 1. The summed E-state index contributed by atoms with van der Waals surface area (Å²) in [6.07, 6.45) is -1.82. The number of carbonyl (C=O) groups excluding carboxylic acids is 1. The summed E-state index contributed by atoms with van der Waals surface area (Å²) < 4.78 is 26.6. The number of amides is 1. The monoisotopic (exact) mass is 309 g/mol. The highest BCUT2D eigenvalue weighted by molar-refractivity contribution is 9.10. The molecule has 1 aromatic heterocycles. The molecule has 96 valence electrons. The minimum Gasteiger partial charge on any atom is -0.355 e. The Balaban J connectivity index is 2.78. The van der Waals surface area contributed by atoms with Gasteiger partial charge in [-0.3, -0.25) is 9.48 Å². The van der Waals surface area contributed by atoms with Crippen molar-refractivity contribution < 1.29 is 13.6 Å². The molecule has 0 aromatic carbocycles. The van der Waals surface area contributed by atoms with Crippen molar-refractivity contribution in [3.8, 4) is 0 Å². The van der Waals surface area contributed by atoms with Crippen molar-refractivity contribution in [2.24, 2.45) is 0 Å². The van der Waals surface area contributed by atoms with Crippen LogP contribution in [-0.4, -0.2) is 22.2 Å². The molecule has 0 atom stereocenters. The van der Waals surface area contributed by atoms with Gasteiger partial charge in [-0.1, -0.05) is 6.92 Å². The van der Waals surface area contributed by atoms with Crippen LogP contribution in [0.15, 0.2) is 4.47 Å². The zero-order valence-corrected chi connectivity index (χ0v) is 11.2. The van der Waals surface area contributed by atoms with E-state index in [4.69, 9.17) is 0 Å². The molecule has 0 radical (unpaired) electrons. The Bertz CT molecular complexity index is 407. The standard InChI is InChI=1S/C10H14BrF2N3O/c1-3-4-14-7(17)5-16-6(2)8(11)9(15-16)10(12)13/h10H,3-5H2,1-2H3,(H,14,17). The van der Waals surface area contributed by atoms with E-state index in [9.17, 15) is 13.6 Å². The first-order valence-corrected chi connectivity index (χ1v) is 6.04. The maximum Gasteiger partial charge on any atom is 0.283 e. The Morgan fingerprint density at radius 2 is 2.24 bits per heavy atom. The lowest BCUT2D eigenvalue weighted by Crippen LogP contribution is -2.28. The normalized spacial score (nSPS) is 10.9. The number of aromatic nitrogens is 2. The third kappa shape index (κ3) is 3.49. The summed E-state index contributed by atoms with van der Waals surface area (Å²) in [6.45, 7) is 4.10. The van der Waals surface area contributed by atoms with Gasteiger partial charge in [0, 0.05) is 6.54 Å². The molecule has 1 amide bonds. The van der Waals surface area contributed by atoms with Gasteiger partial charge in [-0.15, -0.1) is 0 Å². The van der Waals surface area contributed by atoms with E-state index in [0.29, 0.717) is 12.2 Å². The molecule has 0 aliphatic rings. The summed E-state index contributed by atoms with van der Waals surface area (Å²) >= 11 is 3.05. The fourth-order valence-electron chi connectivity index (χ4n) is 1.30. The van der Waals surface area contributed by atoms with Gasteiger partial charge in [0.25, 0.3) is 6.43 Å². The molecule has 1 heterocycles. The van der Waals surface area contributed by atoms with Crippen LogP contribution in [0.25, 0.3) is 0 Å². The van der Waals surface area contributed by atoms with Crippen LogP contribution in [0.4, 0.5) is 8.78 Å². The lowest BCUT2D eigenvalue weighted by Gasteiger charge is -2.05. The fraction of sp³-hybridized carbons (Fsp3) is 0.600. The smallest absolute Gasteiger partial charge is 0.283 e. The molecule has 0 saturated carbocycles. The number of hydrogen-bond acceptors (Lipinski definition) is 2. The van der Waals surface area contributed by atoms with E-state index >= 15 is 0 Å². The summed E-state index contributed by atoms with van der Waals surface area (Å²) in [7, 11) is 0. The summed E-state index contributed by atoms with van der Waals surface area (Å²) in [5, 5.41) is 6.38. The Morgan fingerprint density at radius 3 is 2.71 bits per heavy atom. The second-order valence-corrected chi connectivity index (χ2v) is 4.39. The van der Waals surface area contributed by atoms with Gasteiger partial charge in [-0.25, -0.2) is 8.78 Å². The van der Waals surface area contributed by atoms with Gasteiger partial charge < -0.3 is 5.32 Å². The van der Waals surface area contributed by atoms with Gasteiger partial charge in [0.05, 0.1) is 10.2 Å². The van der Waals surface area contributed by atoms with Crippen LogP contribution in [0.5, 0.6) is 0 Å². The van der Waals surface area contributed by atoms with Crippen LogP contribution in [0.3, 0.4) is 0 Å². The fourth-order valence-corrected chi connectivity index (χ4v) is 1.75. The average Bonchev–Trinajstić information content (AvgIpc) is 2.55. The first-order chi connectivity index (χ1) is 7.97. The van der Waals surface area contributed by atoms with Crippen molar-refractivity contribution in [2.45, 2.75) is 33.2 Å². The van der Waals surface area contributed by atoms with E-state index in [1.54, 1.807) is 6.92 Å². The molecule has 1 rings (SSSR count). The van der Waals surface area contributed by atoms with E-state index < -0.39 is 6.43 Å². The second kappa shape index (κ2) is 6.09. The molecule has 1 aromatic rings. The molecule has 0 bridgehead atoms. The lowest BCUT2D eigenvalue weighted by atomic mass is 10.4. The molecule has 0 aliphatic carbocycles. The lowest BCUT2D eigenvalue weighted by molar-refractivity contribution is -0.121. The van der Waals surface area contributed by atoms with Crippen molar-refractivity contribution >= 4 is 21.8 Å². The Kier molecular flexibility index (Phi) is 5.04. The van der Waals surface area contributed by atoms with Crippen molar-refractivity contribution in [1.82, 2.24) is 15.1 Å². The summed E-state index contributed by atoms with van der Waals surface area (Å²) in [5.41, 5.74) is 0.192. The van der Waals surface area contributed by atoms with Crippen LogP contribution in [-0.2, 0) is 11.3 Å². The van der Waals surface area contributed by atoms with Crippen LogP contribution in [0.1, 0.15) is 31.2 Å². The van der Waals surface area contributed by atoms with Gasteiger partial charge in [0.2, 0.25) is 5.91 Å². The molecule has 1 N–H and O–H groups in total. The molecule has 0 aliphatic heterocycles. The van der Waals surface area contributed by atoms with Gasteiger partial charge in [0.15, 0.2) is 0 Å². The zero-order valence-electron chi connectivity index (χ0n) is 9.64. The highest BCUT2D eigenvalue weighted by Gasteiger charge is 2.20. The molecule has 0 unspecified atom stereocenters. The Hall–Kier alpha value is -0.980. The molecule has 0 saturated heterocycles.